The van der Waals surface area contributed by atoms with Crippen molar-refractivity contribution in [2.24, 2.45) is 0 Å². The second kappa shape index (κ2) is 8.72. The highest BCUT2D eigenvalue weighted by molar-refractivity contribution is 6.31. The van der Waals surface area contributed by atoms with Crippen LogP contribution in [0.4, 0.5) is 4.39 Å². The zero-order valence-corrected chi connectivity index (χ0v) is 17.8. The molecule has 0 radical (unpaired) electrons. The lowest BCUT2D eigenvalue weighted by Gasteiger charge is -2.19. The Labute approximate surface area is 188 Å². The predicted octanol–water partition coefficient (Wildman–Crippen LogP) is 5.02. The van der Waals surface area contributed by atoms with Gasteiger partial charge in [0.05, 0.1) is 17.5 Å². The molecule has 0 saturated heterocycles. The molecule has 0 aliphatic heterocycles. The van der Waals surface area contributed by atoms with Crippen LogP contribution in [0, 0.1) is 5.82 Å². The number of hydrogen-bond donors (Lipinski definition) is 2. The molecule has 4 rings (SSSR count). The predicted molar refractivity (Wildman–Crippen MR) is 120 cm³/mol. The summed E-state index contributed by atoms with van der Waals surface area (Å²) in [5, 5.41) is 25.5. The van der Waals surface area contributed by atoms with Crippen molar-refractivity contribution in [1.82, 2.24) is 14.7 Å². The number of hydrogen-bond acceptors (Lipinski definition) is 4. The van der Waals surface area contributed by atoms with E-state index in [1.807, 2.05) is 6.07 Å². The Hall–Kier alpha value is -3.84. The number of benzene rings is 3. The van der Waals surface area contributed by atoms with Gasteiger partial charge in [0.15, 0.2) is 0 Å². The van der Waals surface area contributed by atoms with E-state index in [1.54, 1.807) is 49.5 Å². The van der Waals surface area contributed by atoms with Crippen LogP contribution in [0.2, 0.25) is 5.02 Å². The van der Waals surface area contributed by atoms with Crippen molar-refractivity contribution in [1.29, 1.82) is 0 Å². The number of carbonyl (C=O) groups excluding carboxylic acids is 1. The topological polar surface area (TPSA) is 78.6 Å². The summed E-state index contributed by atoms with van der Waals surface area (Å²) in [6, 6.07) is 17.3. The molecule has 2 N–H and O–H groups in total. The quantitative estimate of drug-likeness (QED) is 0.447. The van der Waals surface area contributed by atoms with Crippen LogP contribution in [-0.2, 0) is 6.54 Å². The molecule has 0 unspecified atom stereocenters. The molecule has 4 aromatic rings. The molecular formula is C24H19ClFN3O3. The van der Waals surface area contributed by atoms with Crippen LogP contribution in [0.25, 0.3) is 16.9 Å². The van der Waals surface area contributed by atoms with Gasteiger partial charge >= 0.3 is 0 Å². The molecule has 162 valence electrons. The van der Waals surface area contributed by atoms with E-state index in [2.05, 4.69) is 5.10 Å². The maximum atomic E-state index is 14.3. The van der Waals surface area contributed by atoms with Gasteiger partial charge in [-0.25, -0.2) is 9.07 Å². The number of phenolic OH excluding ortho intramolecular Hbond substituents is 2. The molecule has 0 spiro atoms. The summed E-state index contributed by atoms with van der Waals surface area (Å²) in [4.78, 5) is 14.5. The van der Waals surface area contributed by atoms with E-state index in [4.69, 9.17) is 11.6 Å². The van der Waals surface area contributed by atoms with Gasteiger partial charge in [0.25, 0.3) is 5.91 Å². The highest BCUT2D eigenvalue weighted by Crippen LogP contribution is 2.36. The third-order valence-corrected chi connectivity index (χ3v) is 5.42. The minimum absolute atomic E-state index is 0.0198. The second-order valence-corrected chi connectivity index (χ2v) is 7.63. The van der Waals surface area contributed by atoms with Crippen LogP contribution in [0.15, 0.2) is 72.9 Å². The molecule has 0 bridgehead atoms. The van der Waals surface area contributed by atoms with Gasteiger partial charge in [-0.05, 0) is 35.9 Å². The molecule has 8 heteroatoms. The van der Waals surface area contributed by atoms with Crippen LogP contribution in [0.1, 0.15) is 15.9 Å². The smallest absolute Gasteiger partial charge is 0.257 e. The van der Waals surface area contributed by atoms with Gasteiger partial charge in [-0.3, -0.25) is 4.79 Å². The Balaban J connectivity index is 1.72. The van der Waals surface area contributed by atoms with Crippen molar-refractivity contribution < 1.29 is 19.4 Å². The molecule has 0 atom stereocenters. The first-order valence-corrected chi connectivity index (χ1v) is 10.1. The van der Waals surface area contributed by atoms with Gasteiger partial charge in [-0.2, -0.15) is 5.10 Å². The summed E-state index contributed by atoms with van der Waals surface area (Å²) in [5.74, 6) is -1.61. The number of phenols is 2. The van der Waals surface area contributed by atoms with Crippen molar-refractivity contribution >= 4 is 17.5 Å². The fourth-order valence-corrected chi connectivity index (χ4v) is 3.63. The van der Waals surface area contributed by atoms with Crippen molar-refractivity contribution in [2.75, 3.05) is 7.05 Å². The lowest BCUT2D eigenvalue weighted by molar-refractivity contribution is 0.0782. The third kappa shape index (κ3) is 4.02. The molecular weight excluding hydrogens is 433 g/mol. The van der Waals surface area contributed by atoms with Crippen LogP contribution in [0.5, 0.6) is 11.5 Å². The summed E-state index contributed by atoms with van der Waals surface area (Å²) in [6.45, 7) is 0.224. The van der Waals surface area contributed by atoms with Crippen LogP contribution in [-0.4, -0.2) is 37.8 Å². The van der Waals surface area contributed by atoms with Gasteiger partial charge in [-0.15, -0.1) is 0 Å². The number of nitrogens with zero attached hydrogens (tertiary/aromatic N) is 3. The first kappa shape index (κ1) is 21.4. The number of halogens is 2. The fourth-order valence-electron chi connectivity index (χ4n) is 3.44. The molecule has 1 amide bonds. The van der Waals surface area contributed by atoms with Crippen molar-refractivity contribution in [3.05, 3.63) is 94.9 Å². The molecule has 0 aliphatic rings. The summed E-state index contributed by atoms with van der Waals surface area (Å²) in [6.07, 6.45) is 1.46. The molecule has 6 nitrogen and oxygen atoms in total. The van der Waals surface area contributed by atoms with E-state index >= 15 is 0 Å². The van der Waals surface area contributed by atoms with Crippen molar-refractivity contribution in [3.8, 4) is 28.4 Å². The summed E-state index contributed by atoms with van der Waals surface area (Å²) in [7, 11) is 1.58. The van der Waals surface area contributed by atoms with E-state index in [0.717, 1.165) is 11.6 Å². The Morgan fingerprint density at radius 3 is 2.53 bits per heavy atom. The fraction of sp³-hybridized carbons (Fsp3) is 0.0833. The minimum Gasteiger partial charge on any atom is -0.507 e. The van der Waals surface area contributed by atoms with Crippen molar-refractivity contribution in [3.63, 3.8) is 0 Å². The summed E-state index contributed by atoms with van der Waals surface area (Å²) >= 11 is 6.19. The van der Waals surface area contributed by atoms with E-state index in [9.17, 15) is 19.4 Å². The molecule has 0 aliphatic carbocycles. The molecule has 1 aromatic heterocycles. The molecule has 32 heavy (non-hydrogen) atoms. The highest BCUT2D eigenvalue weighted by atomic mass is 35.5. The third-order valence-electron chi connectivity index (χ3n) is 5.06. The maximum absolute atomic E-state index is 14.3. The molecule has 1 heterocycles. The zero-order chi connectivity index (χ0) is 22.8. The van der Waals surface area contributed by atoms with Gasteiger partial charge in [0.2, 0.25) is 0 Å². The average molecular weight is 452 g/mol. The Kier molecular flexibility index (Phi) is 5.83. The largest absolute Gasteiger partial charge is 0.507 e. The Morgan fingerprint density at radius 1 is 1.06 bits per heavy atom. The molecule has 0 saturated carbocycles. The summed E-state index contributed by atoms with van der Waals surface area (Å²) < 4.78 is 15.7. The van der Waals surface area contributed by atoms with Gasteiger partial charge in [0, 0.05) is 30.2 Å². The van der Waals surface area contributed by atoms with Gasteiger partial charge < -0.3 is 15.1 Å². The van der Waals surface area contributed by atoms with E-state index in [1.165, 1.54) is 27.9 Å². The normalized spacial score (nSPS) is 10.8. The first-order valence-electron chi connectivity index (χ1n) is 9.71. The number of aromatic hydroxyl groups is 2. The number of carbonyl (C=O) groups is 1. The van der Waals surface area contributed by atoms with Crippen LogP contribution in [0.3, 0.4) is 0 Å². The maximum Gasteiger partial charge on any atom is 0.257 e. The number of amides is 1. The van der Waals surface area contributed by atoms with E-state index in [0.29, 0.717) is 10.7 Å². The second-order valence-electron chi connectivity index (χ2n) is 7.22. The van der Waals surface area contributed by atoms with E-state index in [-0.39, 0.29) is 34.9 Å². The van der Waals surface area contributed by atoms with Crippen LogP contribution < -0.4 is 0 Å². The first-order chi connectivity index (χ1) is 15.4. The lowest BCUT2D eigenvalue weighted by Crippen LogP contribution is -2.26. The Morgan fingerprint density at radius 2 is 1.78 bits per heavy atom. The van der Waals surface area contributed by atoms with Crippen LogP contribution >= 0.6 is 11.6 Å². The SMILES string of the molecule is CN(Cc1ccccc1Cl)C(=O)c1cc(-c2ccnn2-c2ccccc2F)c(O)cc1O. The number of para-hydroxylation sites is 1. The standard InChI is InChI=1S/C24H19ClFN3O3/c1-28(14-15-6-2-3-7-18(15)25)24(32)17-12-16(22(30)13-23(17)31)20-10-11-27-29(20)21-9-5-4-8-19(21)26/h2-13,30-31H,14H2,1H3. The lowest BCUT2D eigenvalue weighted by atomic mass is 10.0. The minimum atomic E-state index is -0.494. The number of aromatic nitrogens is 2. The van der Waals surface area contributed by atoms with Crippen molar-refractivity contribution in [2.45, 2.75) is 6.54 Å². The number of rotatable bonds is 5. The monoisotopic (exact) mass is 451 g/mol. The summed E-state index contributed by atoms with van der Waals surface area (Å²) in [5.41, 5.74) is 1.49. The van der Waals surface area contributed by atoms with Gasteiger partial charge in [-0.1, -0.05) is 41.9 Å². The highest BCUT2D eigenvalue weighted by Gasteiger charge is 2.22. The molecule has 3 aromatic carbocycles. The van der Waals surface area contributed by atoms with E-state index < -0.39 is 11.7 Å². The van der Waals surface area contributed by atoms with Gasteiger partial charge in [0.1, 0.15) is 23.0 Å². The average Bonchev–Trinajstić information content (AvgIpc) is 3.24. The zero-order valence-electron chi connectivity index (χ0n) is 17.0. The molecule has 0 fully saturated rings. The Bertz CT molecular complexity index is 1310.